The number of aromatic nitrogens is 2. The van der Waals surface area contributed by atoms with Crippen molar-refractivity contribution in [2.24, 2.45) is 0 Å². The van der Waals surface area contributed by atoms with Gasteiger partial charge in [-0.05, 0) is 76.1 Å². The number of sulfonamides is 1. The van der Waals surface area contributed by atoms with E-state index in [0.29, 0.717) is 35.4 Å². The Morgan fingerprint density at radius 3 is 2.24 bits per heavy atom. The molecule has 1 saturated heterocycles. The Morgan fingerprint density at radius 2 is 1.65 bits per heavy atom. The molecule has 1 aliphatic heterocycles. The summed E-state index contributed by atoms with van der Waals surface area (Å²) < 4.78 is 30.5. The van der Waals surface area contributed by atoms with Crippen LogP contribution in [0.15, 0.2) is 52.2 Å². The van der Waals surface area contributed by atoms with Gasteiger partial charge in [-0.1, -0.05) is 0 Å². The maximum Gasteiger partial charge on any atom is 0.329 e. The highest BCUT2D eigenvalue weighted by Crippen LogP contribution is 2.25. The van der Waals surface area contributed by atoms with Crippen LogP contribution in [0.25, 0.3) is 11.0 Å². The first kappa shape index (κ1) is 23.9. The summed E-state index contributed by atoms with van der Waals surface area (Å²) in [7, 11) is -3.68. The number of imidazole rings is 1. The fourth-order valence-corrected chi connectivity index (χ4v) is 5.82. The van der Waals surface area contributed by atoms with Crippen molar-refractivity contribution in [3.63, 3.8) is 0 Å². The van der Waals surface area contributed by atoms with Crippen LogP contribution in [-0.2, 0) is 21.4 Å². The number of amides is 1. The highest BCUT2D eigenvalue weighted by Gasteiger charge is 2.28. The Hall–Kier alpha value is -3.24. The van der Waals surface area contributed by atoms with Crippen LogP contribution < -0.4 is 11.0 Å². The third-order valence-electron chi connectivity index (χ3n) is 6.03. The van der Waals surface area contributed by atoms with Crippen molar-refractivity contribution in [1.82, 2.24) is 13.4 Å². The number of Topliss-reactive ketones (excluding diaryl/α,β-unsaturated/α-hetero) is 1. The molecule has 10 heteroatoms. The van der Waals surface area contributed by atoms with Crippen molar-refractivity contribution in [3.8, 4) is 0 Å². The second kappa shape index (κ2) is 9.19. The second-order valence-electron chi connectivity index (χ2n) is 8.78. The van der Waals surface area contributed by atoms with Crippen LogP contribution in [0.1, 0.15) is 50.0 Å². The number of benzene rings is 2. The van der Waals surface area contributed by atoms with Crippen molar-refractivity contribution in [3.05, 3.63) is 58.5 Å². The van der Waals surface area contributed by atoms with Gasteiger partial charge < -0.3 is 5.32 Å². The van der Waals surface area contributed by atoms with E-state index in [2.05, 4.69) is 5.32 Å². The number of carbonyl (C=O) groups excluding carboxylic acids is 2. The van der Waals surface area contributed by atoms with Crippen LogP contribution in [0.3, 0.4) is 0 Å². The van der Waals surface area contributed by atoms with Gasteiger partial charge in [-0.25, -0.2) is 13.2 Å². The van der Waals surface area contributed by atoms with Gasteiger partial charge >= 0.3 is 5.69 Å². The summed E-state index contributed by atoms with van der Waals surface area (Å²) >= 11 is 0. The Balaban J connectivity index is 1.70. The van der Waals surface area contributed by atoms with Gasteiger partial charge in [0.15, 0.2) is 5.78 Å². The molecule has 0 saturated carbocycles. The van der Waals surface area contributed by atoms with E-state index in [9.17, 15) is 22.8 Å². The van der Waals surface area contributed by atoms with E-state index < -0.39 is 15.9 Å². The monoisotopic (exact) mass is 484 g/mol. The summed E-state index contributed by atoms with van der Waals surface area (Å²) in [6.07, 6.45) is 1.65. The molecule has 4 rings (SSSR count). The van der Waals surface area contributed by atoms with Gasteiger partial charge in [-0.2, -0.15) is 4.31 Å². The zero-order valence-corrected chi connectivity index (χ0v) is 20.3. The molecule has 0 atom stereocenters. The molecule has 3 aromatic rings. The predicted octanol–water partition coefficient (Wildman–Crippen LogP) is 3.01. The number of nitrogens with one attached hydrogen (secondary N) is 1. The summed E-state index contributed by atoms with van der Waals surface area (Å²) in [6.45, 7) is 5.85. The lowest BCUT2D eigenvalue weighted by Crippen LogP contribution is -2.30. The van der Waals surface area contributed by atoms with Crippen LogP contribution >= 0.6 is 0 Å². The van der Waals surface area contributed by atoms with Crippen LogP contribution in [-0.4, -0.2) is 46.6 Å². The summed E-state index contributed by atoms with van der Waals surface area (Å²) in [5.74, 6) is -0.515. The molecule has 0 spiro atoms. The first-order valence-electron chi connectivity index (χ1n) is 11.3. The van der Waals surface area contributed by atoms with E-state index in [1.165, 1.54) is 27.9 Å². The molecular weight excluding hydrogens is 456 g/mol. The van der Waals surface area contributed by atoms with Crippen LogP contribution in [0.5, 0.6) is 0 Å². The van der Waals surface area contributed by atoms with Crippen LogP contribution in [0, 0.1) is 0 Å². The molecule has 34 heavy (non-hydrogen) atoms. The molecular formula is C24H28N4O5S. The molecule has 0 aliphatic carbocycles. The predicted molar refractivity (Wildman–Crippen MR) is 130 cm³/mol. The average Bonchev–Trinajstić information content (AvgIpc) is 3.41. The maximum atomic E-state index is 13.2. The molecule has 0 unspecified atom stereocenters. The van der Waals surface area contributed by atoms with E-state index in [1.807, 2.05) is 13.8 Å². The lowest BCUT2D eigenvalue weighted by atomic mass is 10.1. The smallest absolute Gasteiger partial charge is 0.325 e. The van der Waals surface area contributed by atoms with E-state index in [1.54, 1.807) is 34.9 Å². The molecule has 9 nitrogen and oxygen atoms in total. The summed E-state index contributed by atoms with van der Waals surface area (Å²) in [6, 6.07) is 10.9. The molecule has 0 radical (unpaired) electrons. The van der Waals surface area contributed by atoms with Crippen LogP contribution in [0.4, 0.5) is 5.69 Å². The molecule has 1 aliphatic rings. The normalized spacial score (nSPS) is 14.7. The lowest BCUT2D eigenvalue weighted by molar-refractivity contribution is -0.116. The Labute approximate surface area is 198 Å². The first-order valence-corrected chi connectivity index (χ1v) is 12.7. The number of rotatable bonds is 7. The fourth-order valence-electron chi connectivity index (χ4n) is 4.28. The summed E-state index contributed by atoms with van der Waals surface area (Å²) in [4.78, 5) is 37.6. The zero-order chi connectivity index (χ0) is 24.6. The molecule has 2 aromatic carbocycles. The van der Waals surface area contributed by atoms with E-state index in [-0.39, 0.29) is 29.0 Å². The van der Waals surface area contributed by atoms with Gasteiger partial charge in [-0.15, -0.1) is 0 Å². The minimum absolute atomic E-state index is 0.0781. The first-order chi connectivity index (χ1) is 16.1. The van der Waals surface area contributed by atoms with E-state index >= 15 is 0 Å². The van der Waals surface area contributed by atoms with E-state index in [0.717, 1.165) is 12.8 Å². The number of carbonyl (C=O) groups is 2. The third-order valence-corrected chi connectivity index (χ3v) is 7.92. The maximum absolute atomic E-state index is 13.2. The van der Waals surface area contributed by atoms with Crippen molar-refractivity contribution >= 4 is 38.4 Å². The lowest BCUT2D eigenvalue weighted by Gasteiger charge is -2.16. The topological polar surface area (TPSA) is 110 Å². The number of ketones is 1. The molecule has 0 bridgehead atoms. The number of nitrogens with zero attached hydrogens (tertiary/aromatic N) is 3. The highest BCUT2D eigenvalue weighted by atomic mass is 32.2. The van der Waals surface area contributed by atoms with Crippen LogP contribution in [0.2, 0.25) is 0 Å². The van der Waals surface area contributed by atoms with Gasteiger partial charge in [0.1, 0.15) is 6.54 Å². The number of hydrogen-bond donors (Lipinski definition) is 1. The van der Waals surface area contributed by atoms with Crippen molar-refractivity contribution < 1.29 is 18.0 Å². The quantitative estimate of drug-likeness (QED) is 0.519. The Morgan fingerprint density at radius 1 is 1.00 bits per heavy atom. The summed E-state index contributed by atoms with van der Waals surface area (Å²) in [5.41, 5.74) is 1.59. The zero-order valence-electron chi connectivity index (χ0n) is 19.4. The average molecular weight is 485 g/mol. The number of fused-ring (bicyclic) bond motifs is 1. The summed E-state index contributed by atoms with van der Waals surface area (Å²) in [5, 5.41) is 2.73. The van der Waals surface area contributed by atoms with Gasteiger partial charge in [0.25, 0.3) is 0 Å². The Kier molecular flexibility index (Phi) is 6.46. The highest BCUT2D eigenvalue weighted by molar-refractivity contribution is 7.89. The SMILES string of the molecule is CC(=O)c1ccc(NC(=O)Cn2c(=O)n(C(C)C)c3ccc(S(=O)(=O)N4CCCC4)cc32)cc1. The van der Waals surface area contributed by atoms with Crippen molar-refractivity contribution in [2.75, 3.05) is 18.4 Å². The molecule has 1 N–H and O–H groups in total. The molecule has 1 aromatic heterocycles. The number of anilines is 1. The van der Waals surface area contributed by atoms with Gasteiger partial charge in [0.2, 0.25) is 15.9 Å². The van der Waals surface area contributed by atoms with Crippen molar-refractivity contribution in [2.45, 2.75) is 51.1 Å². The fraction of sp³-hybridized carbons (Fsp3) is 0.375. The molecule has 2 heterocycles. The third kappa shape index (κ3) is 4.43. The standard InChI is InChI=1S/C24H28N4O5S/c1-16(2)28-21-11-10-20(34(32,33)26-12-4-5-13-26)14-22(21)27(24(28)31)15-23(30)25-19-8-6-18(7-9-19)17(3)29/h6-11,14,16H,4-5,12-13,15H2,1-3H3,(H,25,30). The molecule has 1 amide bonds. The second-order valence-corrected chi connectivity index (χ2v) is 10.7. The van der Waals surface area contributed by atoms with Gasteiger partial charge in [0, 0.05) is 30.4 Å². The Bertz CT molecular complexity index is 1410. The molecule has 180 valence electrons. The largest absolute Gasteiger partial charge is 0.329 e. The minimum atomic E-state index is -3.68. The molecule has 1 fully saturated rings. The minimum Gasteiger partial charge on any atom is -0.325 e. The number of hydrogen-bond acceptors (Lipinski definition) is 5. The van der Waals surface area contributed by atoms with E-state index in [4.69, 9.17) is 0 Å². The van der Waals surface area contributed by atoms with Crippen molar-refractivity contribution in [1.29, 1.82) is 0 Å². The van der Waals surface area contributed by atoms with Gasteiger partial charge in [0.05, 0.1) is 15.9 Å². The van der Waals surface area contributed by atoms with Gasteiger partial charge in [-0.3, -0.25) is 18.7 Å².